The summed E-state index contributed by atoms with van der Waals surface area (Å²) < 4.78 is 0.573. The molecule has 6 heteroatoms. The molecule has 0 spiro atoms. The van der Waals surface area contributed by atoms with Crippen LogP contribution >= 0.6 is 15.9 Å². The molecule has 114 valence electrons. The highest BCUT2D eigenvalue weighted by molar-refractivity contribution is 9.10. The molecule has 0 heterocycles. The van der Waals surface area contributed by atoms with Crippen LogP contribution in [-0.4, -0.2) is 23.8 Å². The van der Waals surface area contributed by atoms with E-state index in [9.17, 15) is 9.90 Å². The normalized spacial score (nSPS) is 10.6. The van der Waals surface area contributed by atoms with Gasteiger partial charge < -0.3 is 10.4 Å². The van der Waals surface area contributed by atoms with E-state index in [4.69, 9.17) is 0 Å². The van der Waals surface area contributed by atoms with Crippen molar-refractivity contribution in [3.63, 3.8) is 0 Å². The Balaban J connectivity index is 1.83. The number of hydrazone groups is 1. The number of nitrogens with one attached hydrogen (secondary N) is 2. The van der Waals surface area contributed by atoms with E-state index in [1.165, 1.54) is 6.21 Å². The van der Waals surface area contributed by atoms with Crippen molar-refractivity contribution in [1.82, 2.24) is 5.43 Å². The summed E-state index contributed by atoms with van der Waals surface area (Å²) in [5.41, 5.74) is 5.20. The summed E-state index contributed by atoms with van der Waals surface area (Å²) >= 11 is 3.22. The third-order valence-corrected chi connectivity index (χ3v) is 3.59. The lowest BCUT2D eigenvalue weighted by atomic mass is 10.2. The van der Waals surface area contributed by atoms with Crippen molar-refractivity contribution in [2.75, 3.05) is 11.9 Å². The first-order valence-electron chi connectivity index (χ1n) is 6.66. The van der Waals surface area contributed by atoms with Gasteiger partial charge in [-0.25, -0.2) is 5.43 Å². The minimum absolute atomic E-state index is 0.140. The average Bonchev–Trinajstić information content (AvgIpc) is 2.50. The molecule has 0 radical (unpaired) electrons. The fourth-order valence-corrected chi connectivity index (χ4v) is 2.17. The Labute approximate surface area is 137 Å². The Morgan fingerprint density at radius 3 is 2.82 bits per heavy atom. The number of phenols is 1. The van der Waals surface area contributed by atoms with E-state index in [0.717, 1.165) is 16.8 Å². The van der Waals surface area contributed by atoms with E-state index in [-0.39, 0.29) is 18.2 Å². The number of phenolic OH excluding ortho intramolecular Hbond substituents is 1. The monoisotopic (exact) mass is 361 g/mol. The molecule has 0 saturated carbocycles. The lowest BCUT2D eigenvalue weighted by molar-refractivity contribution is -0.119. The maximum Gasteiger partial charge on any atom is 0.259 e. The quantitative estimate of drug-likeness (QED) is 0.566. The van der Waals surface area contributed by atoms with E-state index in [1.807, 2.05) is 31.2 Å². The van der Waals surface area contributed by atoms with Crippen LogP contribution in [0.2, 0.25) is 0 Å². The number of carbonyl (C=O) groups excluding carboxylic acids is 1. The molecule has 1 amide bonds. The second-order valence-electron chi connectivity index (χ2n) is 4.67. The number of halogens is 1. The van der Waals surface area contributed by atoms with Crippen LogP contribution < -0.4 is 10.7 Å². The van der Waals surface area contributed by atoms with Gasteiger partial charge >= 0.3 is 0 Å². The summed E-state index contributed by atoms with van der Waals surface area (Å²) in [4.78, 5) is 11.7. The molecule has 2 aromatic rings. The first kappa shape index (κ1) is 16.0. The average molecular weight is 362 g/mol. The number of nitrogens with zero attached hydrogens (tertiary/aromatic N) is 1. The van der Waals surface area contributed by atoms with Crippen molar-refractivity contribution < 1.29 is 9.90 Å². The molecule has 22 heavy (non-hydrogen) atoms. The van der Waals surface area contributed by atoms with Gasteiger partial charge in [-0.3, -0.25) is 4.79 Å². The van der Waals surface area contributed by atoms with Crippen LogP contribution in [0.1, 0.15) is 11.1 Å². The number of amides is 1. The van der Waals surface area contributed by atoms with Crippen molar-refractivity contribution in [2.24, 2.45) is 5.10 Å². The second kappa shape index (κ2) is 7.61. The third kappa shape index (κ3) is 4.60. The van der Waals surface area contributed by atoms with Crippen LogP contribution in [0.25, 0.3) is 0 Å². The highest BCUT2D eigenvalue weighted by atomic mass is 79.9. The van der Waals surface area contributed by atoms with Gasteiger partial charge in [0.1, 0.15) is 5.75 Å². The maximum atomic E-state index is 11.7. The minimum atomic E-state index is -0.239. The van der Waals surface area contributed by atoms with E-state index in [0.29, 0.717) is 4.47 Å². The van der Waals surface area contributed by atoms with Crippen molar-refractivity contribution in [3.05, 3.63) is 58.1 Å². The highest BCUT2D eigenvalue weighted by Gasteiger charge is 2.01. The number of anilines is 1. The zero-order chi connectivity index (χ0) is 15.9. The highest BCUT2D eigenvalue weighted by Crippen LogP contribution is 2.23. The van der Waals surface area contributed by atoms with Crippen LogP contribution in [0.5, 0.6) is 5.75 Å². The first-order chi connectivity index (χ1) is 10.6. The number of carbonyl (C=O) groups is 1. The van der Waals surface area contributed by atoms with Crippen molar-refractivity contribution in [2.45, 2.75) is 6.92 Å². The van der Waals surface area contributed by atoms with Gasteiger partial charge in [-0.05, 0) is 58.2 Å². The van der Waals surface area contributed by atoms with Gasteiger partial charge in [0.2, 0.25) is 0 Å². The molecule has 0 aliphatic carbocycles. The molecule has 0 aliphatic rings. The molecule has 2 rings (SSSR count). The van der Waals surface area contributed by atoms with Gasteiger partial charge in [-0.1, -0.05) is 18.2 Å². The van der Waals surface area contributed by atoms with Gasteiger partial charge in [0.15, 0.2) is 0 Å². The first-order valence-corrected chi connectivity index (χ1v) is 7.45. The number of rotatable bonds is 5. The summed E-state index contributed by atoms with van der Waals surface area (Å²) in [6.45, 7) is 2.11. The number of hydrogen-bond acceptors (Lipinski definition) is 4. The largest absolute Gasteiger partial charge is 0.507 e. The molecule has 3 N–H and O–H groups in total. The molecule has 0 aromatic heterocycles. The second-order valence-corrected chi connectivity index (χ2v) is 5.53. The number of hydrogen-bond donors (Lipinski definition) is 3. The van der Waals surface area contributed by atoms with E-state index < -0.39 is 0 Å². The van der Waals surface area contributed by atoms with Crippen molar-refractivity contribution >= 4 is 33.7 Å². The zero-order valence-electron chi connectivity index (χ0n) is 12.0. The third-order valence-electron chi connectivity index (χ3n) is 2.96. The Morgan fingerprint density at radius 2 is 2.09 bits per heavy atom. The van der Waals surface area contributed by atoms with Crippen LogP contribution in [0.3, 0.4) is 0 Å². The standard InChI is InChI=1S/C16H16BrN3O2/c1-11-4-2-3-5-14(11)18-10-16(22)20-19-9-12-6-7-15(21)13(17)8-12/h2-9,18,21H,10H2,1H3,(H,20,22)/b19-9-. The maximum absolute atomic E-state index is 11.7. The van der Waals surface area contributed by atoms with Crippen LogP contribution in [0.4, 0.5) is 5.69 Å². The predicted molar refractivity (Wildman–Crippen MR) is 91.2 cm³/mol. The number of aromatic hydroxyl groups is 1. The van der Waals surface area contributed by atoms with E-state index in [1.54, 1.807) is 18.2 Å². The topological polar surface area (TPSA) is 73.7 Å². The molecule has 5 nitrogen and oxygen atoms in total. The summed E-state index contributed by atoms with van der Waals surface area (Å²) in [6.07, 6.45) is 1.51. The number of benzene rings is 2. The zero-order valence-corrected chi connectivity index (χ0v) is 13.6. The Hall–Kier alpha value is -2.34. The molecule has 0 aliphatic heterocycles. The smallest absolute Gasteiger partial charge is 0.259 e. The van der Waals surface area contributed by atoms with Gasteiger partial charge in [0.25, 0.3) is 5.91 Å². The lowest BCUT2D eigenvalue weighted by Gasteiger charge is -2.07. The Kier molecular flexibility index (Phi) is 5.55. The Morgan fingerprint density at radius 1 is 1.32 bits per heavy atom. The van der Waals surface area contributed by atoms with E-state index in [2.05, 4.69) is 31.8 Å². The summed E-state index contributed by atoms with van der Waals surface area (Å²) in [6, 6.07) is 12.7. The summed E-state index contributed by atoms with van der Waals surface area (Å²) in [7, 11) is 0. The Bertz CT molecular complexity index is 702. The number of para-hydroxylation sites is 1. The molecule has 0 bridgehead atoms. The fraction of sp³-hybridized carbons (Fsp3) is 0.125. The summed E-state index contributed by atoms with van der Waals surface area (Å²) in [5.74, 6) is -0.0824. The van der Waals surface area contributed by atoms with Gasteiger partial charge in [0, 0.05) is 5.69 Å². The number of aryl methyl sites for hydroxylation is 1. The van der Waals surface area contributed by atoms with Crippen LogP contribution in [0.15, 0.2) is 52.0 Å². The van der Waals surface area contributed by atoms with Crippen LogP contribution in [-0.2, 0) is 4.79 Å². The van der Waals surface area contributed by atoms with E-state index >= 15 is 0 Å². The van der Waals surface area contributed by atoms with Crippen molar-refractivity contribution in [1.29, 1.82) is 0 Å². The minimum Gasteiger partial charge on any atom is -0.507 e. The SMILES string of the molecule is Cc1ccccc1NCC(=O)N/N=C\c1ccc(O)c(Br)c1. The fourth-order valence-electron chi connectivity index (χ4n) is 1.77. The van der Waals surface area contributed by atoms with Crippen LogP contribution in [0, 0.1) is 6.92 Å². The predicted octanol–water partition coefficient (Wildman–Crippen LogP) is 3.03. The lowest BCUT2D eigenvalue weighted by Crippen LogP contribution is -2.26. The molecule has 0 unspecified atom stereocenters. The van der Waals surface area contributed by atoms with Gasteiger partial charge in [0.05, 0.1) is 17.2 Å². The molecule has 2 aromatic carbocycles. The molecular formula is C16H16BrN3O2. The summed E-state index contributed by atoms with van der Waals surface area (Å²) in [5, 5.41) is 16.3. The molecular weight excluding hydrogens is 346 g/mol. The van der Waals surface area contributed by atoms with Gasteiger partial charge in [-0.15, -0.1) is 0 Å². The molecule has 0 saturated heterocycles. The van der Waals surface area contributed by atoms with Gasteiger partial charge in [-0.2, -0.15) is 5.10 Å². The molecule has 0 fully saturated rings. The molecule has 0 atom stereocenters. The van der Waals surface area contributed by atoms with Crippen molar-refractivity contribution in [3.8, 4) is 5.75 Å².